The Balaban J connectivity index is 1.98. The average molecular weight is 390 g/mol. The van der Waals surface area contributed by atoms with Crippen LogP contribution in [0.1, 0.15) is 51.5 Å². The Morgan fingerprint density at radius 3 is 2.57 bits per heavy atom. The van der Waals surface area contributed by atoms with Crippen LogP contribution in [0.5, 0.6) is 5.88 Å². The second-order valence-electron chi connectivity index (χ2n) is 7.59. The van der Waals surface area contributed by atoms with Crippen LogP contribution in [0.2, 0.25) is 0 Å². The van der Waals surface area contributed by atoms with Crippen molar-refractivity contribution in [1.29, 1.82) is 0 Å². The quantitative estimate of drug-likeness (QED) is 0.501. The molecule has 1 amide bonds. The molecule has 1 aromatic rings. The summed E-state index contributed by atoms with van der Waals surface area (Å²) >= 11 is 0. The monoisotopic (exact) mass is 389 g/mol. The van der Waals surface area contributed by atoms with E-state index in [4.69, 9.17) is 4.74 Å². The highest BCUT2D eigenvalue weighted by atomic mass is 16.5. The van der Waals surface area contributed by atoms with Gasteiger partial charge in [0.05, 0.1) is 18.6 Å². The summed E-state index contributed by atoms with van der Waals surface area (Å²) in [7, 11) is 3.67. The van der Waals surface area contributed by atoms with E-state index >= 15 is 0 Å². The first-order chi connectivity index (χ1) is 13.5. The van der Waals surface area contributed by atoms with E-state index < -0.39 is 0 Å². The van der Waals surface area contributed by atoms with Crippen LogP contribution >= 0.6 is 0 Å². The van der Waals surface area contributed by atoms with E-state index in [9.17, 15) is 4.79 Å². The zero-order valence-electron chi connectivity index (χ0n) is 17.8. The van der Waals surface area contributed by atoms with Crippen molar-refractivity contribution < 1.29 is 9.53 Å². The van der Waals surface area contributed by atoms with Gasteiger partial charge in [-0.25, -0.2) is 9.98 Å². The number of ether oxygens (including phenoxy) is 1. The van der Waals surface area contributed by atoms with Gasteiger partial charge in [0.25, 0.3) is 0 Å². The van der Waals surface area contributed by atoms with Crippen LogP contribution < -0.4 is 15.4 Å². The van der Waals surface area contributed by atoms with Gasteiger partial charge in [-0.1, -0.05) is 25.8 Å². The van der Waals surface area contributed by atoms with Crippen molar-refractivity contribution in [3.8, 4) is 5.88 Å². The molecule has 0 spiro atoms. The molecule has 0 atom stereocenters. The molecule has 0 bridgehead atoms. The molecule has 0 aliphatic heterocycles. The van der Waals surface area contributed by atoms with E-state index in [1.807, 2.05) is 33.2 Å². The number of aromatic nitrogens is 1. The van der Waals surface area contributed by atoms with Gasteiger partial charge in [-0.3, -0.25) is 4.79 Å². The summed E-state index contributed by atoms with van der Waals surface area (Å²) in [6.45, 7) is 6.67. The zero-order valence-corrected chi connectivity index (χ0v) is 17.8. The lowest BCUT2D eigenvalue weighted by molar-refractivity contribution is -0.138. The summed E-state index contributed by atoms with van der Waals surface area (Å²) in [5, 5.41) is 6.67. The molecule has 156 valence electrons. The Morgan fingerprint density at radius 1 is 1.25 bits per heavy atom. The number of amides is 1. The highest BCUT2D eigenvalue weighted by molar-refractivity contribution is 5.85. The van der Waals surface area contributed by atoms with Crippen LogP contribution in [0.15, 0.2) is 23.3 Å². The molecule has 2 N–H and O–H groups in total. The van der Waals surface area contributed by atoms with Crippen LogP contribution in [0.4, 0.5) is 0 Å². The van der Waals surface area contributed by atoms with E-state index in [0.717, 1.165) is 50.2 Å². The number of carbonyl (C=O) groups excluding carboxylic acids is 1. The van der Waals surface area contributed by atoms with Crippen molar-refractivity contribution in [2.45, 2.75) is 52.5 Å². The molecule has 1 saturated carbocycles. The Bertz CT molecular complexity index is 637. The molecule has 1 fully saturated rings. The van der Waals surface area contributed by atoms with Gasteiger partial charge in [0, 0.05) is 39.4 Å². The third kappa shape index (κ3) is 6.11. The van der Waals surface area contributed by atoms with Crippen molar-refractivity contribution in [2.75, 3.05) is 33.8 Å². The van der Waals surface area contributed by atoms with Gasteiger partial charge in [-0.05, 0) is 31.7 Å². The molecular weight excluding hydrogens is 354 g/mol. The second kappa shape index (κ2) is 10.9. The van der Waals surface area contributed by atoms with E-state index in [1.54, 1.807) is 11.1 Å². The summed E-state index contributed by atoms with van der Waals surface area (Å²) in [6.07, 6.45) is 6.83. The van der Waals surface area contributed by atoms with E-state index in [2.05, 4.69) is 27.5 Å². The second-order valence-corrected chi connectivity index (χ2v) is 7.59. The number of hydrogen-bond acceptors (Lipinski definition) is 4. The molecule has 0 radical (unpaired) electrons. The maximum absolute atomic E-state index is 12.7. The highest BCUT2D eigenvalue weighted by Crippen LogP contribution is 2.38. The number of hydrogen-bond donors (Lipinski definition) is 2. The summed E-state index contributed by atoms with van der Waals surface area (Å²) in [5.74, 6) is 1.58. The standard InChI is InChI=1S/C21H35N5O2/c1-5-13-28-18-10-9-17(14-23-18)15-24-20(22-6-2)25-16-21(11-7-8-12-21)19(27)26(3)4/h9-10,14H,5-8,11-13,15-16H2,1-4H3,(H2,22,24,25). The molecule has 28 heavy (non-hydrogen) atoms. The fraction of sp³-hybridized carbons (Fsp3) is 0.667. The number of aliphatic imine (C=N–C) groups is 1. The molecule has 0 unspecified atom stereocenters. The van der Waals surface area contributed by atoms with Crippen LogP contribution in [-0.2, 0) is 11.3 Å². The number of nitrogens with zero attached hydrogens (tertiary/aromatic N) is 3. The first kappa shape index (κ1) is 22.0. The van der Waals surface area contributed by atoms with Crippen LogP contribution in [0, 0.1) is 5.41 Å². The zero-order chi connectivity index (χ0) is 20.4. The van der Waals surface area contributed by atoms with Gasteiger partial charge in [0.15, 0.2) is 5.96 Å². The molecule has 0 saturated heterocycles. The fourth-order valence-corrected chi connectivity index (χ4v) is 3.55. The molecule has 0 aromatic carbocycles. The molecule has 2 rings (SSSR count). The summed E-state index contributed by atoms with van der Waals surface area (Å²) in [4.78, 5) is 23.4. The number of pyridine rings is 1. The maximum atomic E-state index is 12.7. The minimum absolute atomic E-state index is 0.209. The van der Waals surface area contributed by atoms with Gasteiger partial charge in [0.1, 0.15) is 0 Å². The molecule has 1 aliphatic carbocycles. The summed E-state index contributed by atoms with van der Waals surface area (Å²) in [6, 6.07) is 3.86. The first-order valence-corrected chi connectivity index (χ1v) is 10.3. The number of carbonyl (C=O) groups is 1. The summed E-state index contributed by atoms with van der Waals surface area (Å²) in [5.41, 5.74) is 0.695. The Hall–Kier alpha value is -2.31. The number of guanidine groups is 1. The third-order valence-corrected chi connectivity index (χ3v) is 5.03. The van der Waals surface area contributed by atoms with Gasteiger partial charge in [0.2, 0.25) is 11.8 Å². The lowest BCUT2D eigenvalue weighted by atomic mass is 9.84. The van der Waals surface area contributed by atoms with Crippen molar-refractivity contribution in [3.05, 3.63) is 23.9 Å². The van der Waals surface area contributed by atoms with Crippen molar-refractivity contribution >= 4 is 11.9 Å². The predicted molar refractivity (Wildman–Crippen MR) is 112 cm³/mol. The highest BCUT2D eigenvalue weighted by Gasteiger charge is 2.42. The van der Waals surface area contributed by atoms with Gasteiger partial charge >= 0.3 is 0 Å². The normalized spacial score (nSPS) is 15.9. The SMILES string of the molecule is CCCOc1ccc(CN=C(NCC)NCC2(C(=O)N(C)C)CCCC2)cn1. The maximum Gasteiger partial charge on any atom is 0.230 e. The average Bonchev–Trinajstić information content (AvgIpc) is 3.18. The lowest BCUT2D eigenvalue weighted by Gasteiger charge is -2.31. The molecule has 1 aliphatic rings. The van der Waals surface area contributed by atoms with E-state index in [1.165, 1.54) is 0 Å². The van der Waals surface area contributed by atoms with Crippen LogP contribution in [0.3, 0.4) is 0 Å². The Morgan fingerprint density at radius 2 is 2.00 bits per heavy atom. The van der Waals surface area contributed by atoms with Crippen LogP contribution in [-0.4, -0.2) is 55.5 Å². The molecule has 7 nitrogen and oxygen atoms in total. The number of rotatable bonds is 9. The predicted octanol–water partition coefficient (Wildman–Crippen LogP) is 2.57. The van der Waals surface area contributed by atoms with E-state index in [0.29, 0.717) is 25.6 Å². The van der Waals surface area contributed by atoms with E-state index in [-0.39, 0.29) is 11.3 Å². The van der Waals surface area contributed by atoms with Crippen molar-refractivity contribution in [1.82, 2.24) is 20.5 Å². The van der Waals surface area contributed by atoms with Crippen LogP contribution in [0.25, 0.3) is 0 Å². The topological polar surface area (TPSA) is 78.8 Å². The third-order valence-electron chi connectivity index (χ3n) is 5.03. The summed E-state index contributed by atoms with van der Waals surface area (Å²) < 4.78 is 5.52. The minimum atomic E-state index is -0.320. The fourth-order valence-electron chi connectivity index (χ4n) is 3.55. The smallest absolute Gasteiger partial charge is 0.230 e. The lowest BCUT2D eigenvalue weighted by Crippen LogP contribution is -2.49. The molecular formula is C21H35N5O2. The van der Waals surface area contributed by atoms with Crippen molar-refractivity contribution in [2.24, 2.45) is 10.4 Å². The molecule has 7 heteroatoms. The van der Waals surface area contributed by atoms with Gasteiger partial charge in [-0.15, -0.1) is 0 Å². The Labute approximate surface area is 169 Å². The largest absolute Gasteiger partial charge is 0.478 e. The number of nitrogens with one attached hydrogen (secondary N) is 2. The Kier molecular flexibility index (Phi) is 8.54. The molecule has 1 aromatic heterocycles. The van der Waals surface area contributed by atoms with Gasteiger partial charge < -0.3 is 20.3 Å². The van der Waals surface area contributed by atoms with Gasteiger partial charge in [-0.2, -0.15) is 0 Å². The minimum Gasteiger partial charge on any atom is -0.478 e. The molecule has 1 heterocycles. The van der Waals surface area contributed by atoms with Crippen molar-refractivity contribution in [3.63, 3.8) is 0 Å². The first-order valence-electron chi connectivity index (χ1n) is 10.3.